The first-order valence-corrected chi connectivity index (χ1v) is 12.7. The van der Waals surface area contributed by atoms with Crippen LogP contribution in [0.2, 0.25) is 0 Å². The molecule has 2 fully saturated rings. The van der Waals surface area contributed by atoms with E-state index >= 15 is 0 Å². The number of morpholine rings is 1. The standard InChI is InChI=1S/C25H24BrN3O6S/c1-28-23(31)21(36-25(28)27-19-5-3-4-16(13-19)24(32)33-2)14-17-12-18(26)6-7-20(17)35-15-22(30)29-8-10-34-11-9-29/h3-7,12-14H,8-11,15H2,1-2H3. The summed E-state index contributed by atoms with van der Waals surface area (Å²) in [6.45, 7) is 2.02. The molecule has 0 bridgehead atoms. The van der Waals surface area contributed by atoms with Gasteiger partial charge in [-0.2, -0.15) is 0 Å². The Morgan fingerprint density at radius 1 is 1.19 bits per heavy atom. The predicted octanol–water partition coefficient (Wildman–Crippen LogP) is 3.71. The van der Waals surface area contributed by atoms with Crippen molar-refractivity contribution >= 4 is 62.4 Å². The first-order valence-electron chi connectivity index (χ1n) is 11.1. The summed E-state index contributed by atoms with van der Waals surface area (Å²) in [6.07, 6.45) is 1.72. The predicted molar refractivity (Wildman–Crippen MR) is 140 cm³/mol. The third-order valence-corrected chi connectivity index (χ3v) is 7.02. The smallest absolute Gasteiger partial charge is 0.337 e. The summed E-state index contributed by atoms with van der Waals surface area (Å²) in [5, 5.41) is 0.466. The molecule has 0 atom stereocenters. The zero-order valence-electron chi connectivity index (χ0n) is 19.7. The fourth-order valence-electron chi connectivity index (χ4n) is 3.53. The number of carbonyl (C=O) groups is 3. The highest BCUT2D eigenvalue weighted by atomic mass is 79.9. The van der Waals surface area contributed by atoms with E-state index in [0.717, 1.165) is 4.47 Å². The summed E-state index contributed by atoms with van der Waals surface area (Å²) in [4.78, 5) is 45.4. The Labute approximate surface area is 221 Å². The van der Waals surface area contributed by atoms with Gasteiger partial charge < -0.3 is 19.1 Å². The van der Waals surface area contributed by atoms with Crippen LogP contribution >= 0.6 is 27.7 Å². The van der Waals surface area contributed by atoms with E-state index in [-0.39, 0.29) is 18.4 Å². The van der Waals surface area contributed by atoms with Crippen LogP contribution in [0.3, 0.4) is 0 Å². The monoisotopic (exact) mass is 573 g/mol. The van der Waals surface area contributed by atoms with Crippen molar-refractivity contribution in [3.05, 3.63) is 63.0 Å². The second kappa shape index (κ2) is 11.7. The number of thioether (sulfide) groups is 1. The van der Waals surface area contributed by atoms with Crippen LogP contribution < -0.4 is 4.74 Å². The lowest BCUT2D eigenvalue weighted by Gasteiger charge is -2.26. The Hall–Kier alpha value is -3.15. The van der Waals surface area contributed by atoms with Gasteiger partial charge >= 0.3 is 5.97 Å². The van der Waals surface area contributed by atoms with E-state index < -0.39 is 5.97 Å². The maximum Gasteiger partial charge on any atom is 0.337 e. The van der Waals surface area contributed by atoms with Crippen LogP contribution in [0.15, 0.2) is 56.8 Å². The number of hydrogen-bond donors (Lipinski definition) is 0. The van der Waals surface area contributed by atoms with Gasteiger partial charge in [0.25, 0.3) is 11.8 Å². The van der Waals surface area contributed by atoms with Gasteiger partial charge in [0.2, 0.25) is 0 Å². The molecule has 0 aliphatic carbocycles. The van der Waals surface area contributed by atoms with Crippen molar-refractivity contribution in [1.82, 2.24) is 9.80 Å². The number of hydrogen-bond acceptors (Lipinski definition) is 8. The molecular weight excluding hydrogens is 550 g/mol. The van der Waals surface area contributed by atoms with Crippen molar-refractivity contribution in [2.75, 3.05) is 47.1 Å². The Morgan fingerprint density at radius 3 is 2.72 bits per heavy atom. The molecule has 2 heterocycles. The van der Waals surface area contributed by atoms with Crippen LogP contribution in [0.1, 0.15) is 15.9 Å². The molecule has 36 heavy (non-hydrogen) atoms. The average Bonchev–Trinajstić information content (AvgIpc) is 3.15. The van der Waals surface area contributed by atoms with E-state index in [9.17, 15) is 14.4 Å². The molecular formula is C25H24BrN3O6S. The van der Waals surface area contributed by atoms with E-state index in [4.69, 9.17) is 14.2 Å². The van der Waals surface area contributed by atoms with Crippen molar-refractivity contribution in [3.63, 3.8) is 0 Å². The zero-order valence-corrected chi connectivity index (χ0v) is 22.1. The highest BCUT2D eigenvalue weighted by Crippen LogP contribution is 2.35. The minimum absolute atomic E-state index is 0.109. The number of likely N-dealkylation sites (N-methyl/N-ethyl adjacent to an activating group) is 1. The van der Waals surface area contributed by atoms with Gasteiger partial charge in [0.1, 0.15) is 5.75 Å². The Balaban J connectivity index is 1.54. The van der Waals surface area contributed by atoms with Gasteiger partial charge in [-0.3, -0.25) is 14.5 Å². The van der Waals surface area contributed by atoms with Gasteiger partial charge in [0.05, 0.1) is 36.5 Å². The van der Waals surface area contributed by atoms with Gasteiger partial charge in [0, 0.05) is 30.2 Å². The van der Waals surface area contributed by atoms with Gasteiger partial charge in [-0.15, -0.1) is 0 Å². The molecule has 2 amide bonds. The van der Waals surface area contributed by atoms with Crippen LogP contribution in [-0.4, -0.2) is 79.8 Å². The Morgan fingerprint density at radius 2 is 1.97 bits per heavy atom. The molecule has 2 aromatic rings. The number of methoxy groups -OCH3 is 1. The van der Waals surface area contributed by atoms with Crippen LogP contribution in [-0.2, 0) is 19.1 Å². The first-order chi connectivity index (χ1) is 17.4. The van der Waals surface area contributed by atoms with Crippen molar-refractivity contribution in [3.8, 4) is 5.75 Å². The number of ether oxygens (including phenoxy) is 3. The molecule has 188 valence electrons. The van der Waals surface area contributed by atoms with Crippen molar-refractivity contribution in [2.24, 2.45) is 4.99 Å². The van der Waals surface area contributed by atoms with Crippen molar-refractivity contribution in [1.29, 1.82) is 0 Å². The van der Waals surface area contributed by atoms with Crippen LogP contribution in [0.25, 0.3) is 6.08 Å². The molecule has 0 aromatic heterocycles. The lowest BCUT2D eigenvalue weighted by molar-refractivity contribution is -0.137. The van der Waals surface area contributed by atoms with Crippen LogP contribution in [0.4, 0.5) is 5.69 Å². The molecule has 9 nitrogen and oxygen atoms in total. The SMILES string of the molecule is COC(=O)c1cccc(N=C2SC(=Cc3cc(Br)ccc3OCC(=O)N3CCOCC3)C(=O)N2C)c1. The second-order valence-electron chi connectivity index (χ2n) is 7.88. The fourth-order valence-corrected chi connectivity index (χ4v) is 4.89. The molecule has 2 aliphatic rings. The number of benzene rings is 2. The van der Waals surface area contributed by atoms with Crippen LogP contribution in [0.5, 0.6) is 5.75 Å². The number of rotatable bonds is 6. The van der Waals surface area contributed by atoms with E-state index in [1.165, 1.54) is 23.8 Å². The Kier molecular flexibility index (Phi) is 8.44. The van der Waals surface area contributed by atoms with E-state index in [1.54, 1.807) is 48.4 Å². The number of amides is 2. The van der Waals surface area contributed by atoms with Gasteiger partial charge in [-0.05, 0) is 54.2 Å². The summed E-state index contributed by atoms with van der Waals surface area (Å²) in [7, 11) is 2.95. The maximum atomic E-state index is 13.0. The summed E-state index contributed by atoms with van der Waals surface area (Å²) >= 11 is 4.67. The third-order valence-electron chi connectivity index (χ3n) is 5.47. The number of halogens is 1. The number of amidine groups is 1. The summed E-state index contributed by atoms with van der Waals surface area (Å²) < 4.78 is 16.7. The average molecular weight is 574 g/mol. The highest BCUT2D eigenvalue weighted by Gasteiger charge is 2.31. The number of nitrogens with zero attached hydrogens (tertiary/aromatic N) is 3. The molecule has 0 N–H and O–H groups in total. The molecule has 2 saturated heterocycles. The summed E-state index contributed by atoms with van der Waals surface area (Å²) in [5.41, 5.74) is 1.54. The lowest BCUT2D eigenvalue weighted by Crippen LogP contribution is -2.43. The van der Waals surface area contributed by atoms with Crippen molar-refractivity contribution in [2.45, 2.75) is 0 Å². The molecule has 2 aromatic carbocycles. The molecule has 0 saturated carbocycles. The topological polar surface area (TPSA) is 97.7 Å². The van der Waals surface area contributed by atoms with Gasteiger partial charge in [0.15, 0.2) is 11.8 Å². The molecule has 0 spiro atoms. The highest BCUT2D eigenvalue weighted by molar-refractivity contribution is 9.10. The lowest BCUT2D eigenvalue weighted by atomic mass is 10.2. The van der Waals surface area contributed by atoms with Crippen LogP contribution in [0, 0.1) is 0 Å². The molecule has 0 unspecified atom stereocenters. The summed E-state index contributed by atoms with van der Waals surface area (Å²) in [5.74, 6) is -0.317. The quantitative estimate of drug-likeness (QED) is 0.384. The zero-order chi connectivity index (χ0) is 25.7. The molecule has 2 aliphatic heterocycles. The van der Waals surface area contributed by atoms with E-state index in [2.05, 4.69) is 20.9 Å². The Bertz CT molecular complexity index is 1240. The molecule has 11 heteroatoms. The number of esters is 1. The molecule has 4 rings (SSSR count). The van der Waals surface area contributed by atoms with E-state index in [1.807, 2.05) is 12.1 Å². The number of aliphatic imine (C=N–C) groups is 1. The summed E-state index contributed by atoms with van der Waals surface area (Å²) in [6, 6.07) is 12.1. The van der Waals surface area contributed by atoms with E-state index in [0.29, 0.717) is 58.9 Å². The maximum absolute atomic E-state index is 13.0. The third kappa shape index (κ3) is 6.15. The largest absolute Gasteiger partial charge is 0.483 e. The van der Waals surface area contributed by atoms with Gasteiger partial charge in [-0.1, -0.05) is 22.0 Å². The minimum Gasteiger partial charge on any atom is -0.483 e. The fraction of sp³-hybridized carbons (Fsp3) is 0.280. The normalized spacial score (nSPS) is 18.1. The first kappa shape index (κ1) is 25.9. The second-order valence-corrected chi connectivity index (χ2v) is 9.80. The number of carbonyl (C=O) groups excluding carboxylic acids is 3. The van der Waals surface area contributed by atoms with Crippen molar-refractivity contribution < 1.29 is 28.6 Å². The molecule has 0 radical (unpaired) electrons. The van der Waals surface area contributed by atoms with Gasteiger partial charge in [-0.25, -0.2) is 9.79 Å². The minimum atomic E-state index is -0.463.